The Bertz CT molecular complexity index is 1370. The van der Waals surface area contributed by atoms with Crippen molar-refractivity contribution in [3.05, 3.63) is 114 Å². The highest BCUT2D eigenvalue weighted by atomic mass is 19.4. The molecule has 0 bridgehead atoms. The van der Waals surface area contributed by atoms with Gasteiger partial charge in [-0.1, -0.05) is 48.5 Å². The lowest BCUT2D eigenvalue weighted by molar-refractivity contribution is -0.137. The van der Waals surface area contributed by atoms with E-state index in [0.717, 1.165) is 23.3 Å². The van der Waals surface area contributed by atoms with Crippen LogP contribution in [0.4, 0.5) is 24.5 Å². The number of carbonyl (C=O) groups excluding carboxylic acids is 2. The summed E-state index contributed by atoms with van der Waals surface area (Å²) in [4.78, 5) is 25.0. The Kier molecular flexibility index (Phi) is 7.57. The molecule has 4 aromatic rings. The molecule has 0 radical (unpaired) electrons. The first-order valence-corrected chi connectivity index (χ1v) is 11.4. The summed E-state index contributed by atoms with van der Waals surface area (Å²) < 4.78 is 44.4. The van der Waals surface area contributed by atoms with Crippen molar-refractivity contribution in [3.8, 4) is 16.9 Å². The predicted molar refractivity (Wildman–Crippen MR) is 136 cm³/mol. The SMILES string of the molecule is CC(Oc1ccc(-c2ccccc2)cc1)C(=O)Nc1ccc(C(=O)Nc2cccc(C(F)(F)F)c2)cc1. The van der Waals surface area contributed by atoms with Crippen LogP contribution in [0.5, 0.6) is 5.75 Å². The van der Waals surface area contributed by atoms with E-state index in [4.69, 9.17) is 4.74 Å². The van der Waals surface area contributed by atoms with Crippen LogP contribution in [0, 0.1) is 0 Å². The lowest BCUT2D eigenvalue weighted by Crippen LogP contribution is -2.30. The van der Waals surface area contributed by atoms with E-state index in [2.05, 4.69) is 10.6 Å². The van der Waals surface area contributed by atoms with Crippen molar-refractivity contribution in [2.24, 2.45) is 0 Å². The van der Waals surface area contributed by atoms with Crippen LogP contribution in [0.3, 0.4) is 0 Å². The number of alkyl halides is 3. The number of amides is 2. The summed E-state index contributed by atoms with van der Waals surface area (Å²) in [5, 5.41) is 5.16. The van der Waals surface area contributed by atoms with E-state index in [-0.39, 0.29) is 17.2 Å². The van der Waals surface area contributed by atoms with E-state index in [0.29, 0.717) is 11.4 Å². The number of halogens is 3. The summed E-state index contributed by atoms with van der Waals surface area (Å²) in [7, 11) is 0. The van der Waals surface area contributed by atoms with Gasteiger partial charge in [-0.15, -0.1) is 0 Å². The zero-order chi connectivity index (χ0) is 26.4. The number of hydrogen-bond donors (Lipinski definition) is 2. The zero-order valence-electron chi connectivity index (χ0n) is 19.8. The Hall–Kier alpha value is -4.59. The Balaban J connectivity index is 1.32. The topological polar surface area (TPSA) is 67.4 Å². The van der Waals surface area contributed by atoms with Gasteiger partial charge in [0.1, 0.15) is 5.75 Å². The van der Waals surface area contributed by atoms with E-state index < -0.39 is 23.8 Å². The number of benzene rings is 4. The van der Waals surface area contributed by atoms with Crippen molar-refractivity contribution in [1.82, 2.24) is 0 Å². The Morgan fingerprint density at radius 1 is 0.730 bits per heavy atom. The monoisotopic (exact) mass is 504 g/mol. The molecule has 4 rings (SSSR count). The minimum absolute atomic E-state index is 0.0278. The fourth-order valence-electron chi connectivity index (χ4n) is 3.54. The molecule has 0 heterocycles. The Morgan fingerprint density at radius 2 is 1.38 bits per heavy atom. The van der Waals surface area contributed by atoms with Gasteiger partial charge in [0.05, 0.1) is 5.56 Å². The van der Waals surface area contributed by atoms with Crippen LogP contribution in [0.2, 0.25) is 0 Å². The van der Waals surface area contributed by atoms with Gasteiger partial charge in [0.2, 0.25) is 0 Å². The molecule has 0 aliphatic heterocycles. The molecule has 0 fully saturated rings. The first kappa shape index (κ1) is 25.5. The van der Waals surface area contributed by atoms with Gasteiger partial charge in [0.25, 0.3) is 11.8 Å². The van der Waals surface area contributed by atoms with Crippen molar-refractivity contribution in [3.63, 3.8) is 0 Å². The fourth-order valence-corrected chi connectivity index (χ4v) is 3.54. The van der Waals surface area contributed by atoms with Crippen molar-refractivity contribution >= 4 is 23.2 Å². The standard InChI is InChI=1S/C29H23F3N2O3/c1-19(37-26-16-12-21(13-17-26)20-6-3-2-4-7-20)27(35)33-24-14-10-22(11-15-24)28(36)34-25-9-5-8-23(18-25)29(30,31)32/h2-19H,1H3,(H,33,35)(H,34,36). The van der Waals surface area contributed by atoms with Crippen LogP contribution in [0.1, 0.15) is 22.8 Å². The molecule has 1 atom stereocenters. The van der Waals surface area contributed by atoms with Crippen LogP contribution >= 0.6 is 0 Å². The van der Waals surface area contributed by atoms with E-state index in [9.17, 15) is 22.8 Å². The van der Waals surface area contributed by atoms with Gasteiger partial charge in [0.15, 0.2) is 6.10 Å². The molecule has 2 N–H and O–H groups in total. The average molecular weight is 505 g/mol. The van der Waals surface area contributed by atoms with Gasteiger partial charge in [-0.2, -0.15) is 13.2 Å². The highest BCUT2D eigenvalue weighted by Crippen LogP contribution is 2.30. The second-order valence-electron chi connectivity index (χ2n) is 8.25. The first-order chi connectivity index (χ1) is 17.7. The molecule has 0 saturated heterocycles. The van der Waals surface area contributed by atoms with E-state index in [1.165, 1.54) is 36.4 Å². The van der Waals surface area contributed by atoms with E-state index in [1.54, 1.807) is 19.1 Å². The van der Waals surface area contributed by atoms with Gasteiger partial charge in [-0.3, -0.25) is 9.59 Å². The molecule has 2 amide bonds. The molecule has 0 aromatic heterocycles. The maximum atomic E-state index is 12.9. The van der Waals surface area contributed by atoms with Gasteiger partial charge in [0, 0.05) is 16.9 Å². The number of anilines is 2. The second kappa shape index (κ2) is 11.0. The minimum atomic E-state index is -4.51. The molecule has 8 heteroatoms. The fraction of sp³-hybridized carbons (Fsp3) is 0.103. The number of rotatable bonds is 7. The minimum Gasteiger partial charge on any atom is -0.481 e. The quantitative estimate of drug-likeness (QED) is 0.284. The molecular formula is C29H23F3N2O3. The van der Waals surface area contributed by atoms with Gasteiger partial charge in [-0.25, -0.2) is 0 Å². The van der Waals surface area contributed by atoms with E-state index in [1.807, 2.05) is 42.5 Å². The highest BCUT2D eigenvalue weighted by molar-refractivity contribution is 6.04. The summed E-state index contributed by atoms with van der Waals surface area (Å²) in [6.45, 7) is 1.62. The maximum absolute atomic E-state index is 12.9. The van der Waals surface area contributed by atoms with Crippen LogP contribution in [0.15, 0.2) is 103 Å². The van der Waals surface area contributed by atoms with Crippen molar-refractivity contribution in [1.29, 1.82) is 0 Å². The lowest BCUT2D eigenvalue weighted by Gasteiger charge is -2.15. The molecule has 0 aliphatic rings. The molecule has 0 aliphatic carbocycles. The van der Waals surface area contributed by atoms with Crippen LogP contribution < -0.4 is 15.4 Å². The number of ether oxygens (including phenoxy) is 1. The van der Waals surface area contributed by atoms with Crippen molar-refractivity contribution in [2.75, 3.05) is 10.6 Å². The molecule has 5 nitrogen and oxygen atoms in total. The molecular weight excluding hydrogens is 481 g/mol. The number of carbonyl (C=O) groups is 2. The highest BCUT2D eigenvalue weighted by Gasteiger charge is 2.30. The van der Waals surface area contributed by atoms with Gasteiger partial charge in [-0.05, 0) is 72.6 Å². The molecule has 1 unspecified atom stereocenters. The van der Waals surface area contributed by atoms with Crippen LogP contribution in [-0.2, 0) is 11.0 Å². The van der Waals surface area contributed by atoms with E-state index >= 15 is 0 Å². The summed E-state index contributed by atoms with van der Waals surface area (Å²) in [5.74, 6) is -0.412. The zero-order valence-corrected chi connectivity index (χ0v) is 19.8. The lowest BCUT2D eigenvalue weighted by atomic mass is 10.1. The van der Waals surface area contributed by atoms with Crippen LogP contribution in [-0.4, -0.2) is 17.9 Å². The Labute approximate surface area is 211 Å². The molecule has 0 saturated carbocycles. The second-order valence-corrected chi connectivity index (χ2v) is 8.25. The molecule has 4 aromatic carbocycles. The van der Waals surface area contributed by atoms with Gasteiger partial charge >= 0.3 is 6.18 Å². The first-order valence-electron chi connectivity index (χ1n) is 11.4. The largest absolute Gasteiger partial charge is 0.481 e. The van der Waals surface area contributed by atoms with Crippen molar-refractivity contribution in [2.45, 2.75) is 19.2 Å². The number of hydrogen-bond acceptors (Lipinski definition) is 3. The maximum Gasteiger partial charge on any atom is 0.416 e. The predicted octanol–water partition coefficient (Wildman–Crippen LogP) is 7.03. The summed E-state index contributed by atoms with van der Waals surface area (Å²) in [6.07, 6.45) is -5.29. The van der Waals surface area contributed by atoms with Gasteiger partial charge < -0.3 is 15.4 Å². The van der Waals surface area contributed by atoms with Crippen molar-refractivity contribution < 1.29 is 27.5 Å². The van der Waals surface area contributed by atoms with Crippen LogP contribution in [0.25, 0.3) is 11.1 Å². The third-order valence-corrected chi connectivity index (χ3v) is 5.51. The third-order valence-electron chi connectivity index (χ3n) is 5.51. The number of nitrogens with one attached hydrogen (secondary N) is 2. The summed E-state index contributed by atoms with van der Waals surface area (Å²) >= 11 is 0. The molecule has 188 valence electrons. The average Bonchev–Trinajstić information content (AvgIpc) is 2.89. The summed E-state index contributed by atoms with van der Waals surface area (Å²) in [5.41, 5.74) is 1.94. The molecule has 37 heavy (non-hydrogen) atoms. The summed E-state index contributed by atoms with van der Waals surface area (Å²) in [6, 6.07) is 27.7. The Morgan fingerprint density at radius 3 is 2.03 bits per heavy atom. The third kappa shape index (κ3) is 6.76. The normalized spacial score (nSPS) is 11.9. The smallest absolute Gasteiger partial charge is 0.416 e. The molecule has 0 spiro atoms.